The minimum absolute atomic E-state index is 0.963. The third kappa shape index (κ3) is 3.22. The molecule has 0 aliphatic heterocycles. The van der Waals surface area contributed by atoms with Gasteiger partial charge in [-0.25, -0.2) is 0 Å². The Labute approximate surface area is 128 Å². The van der Waals surface area contributed by atoms with Crippen LogP contribution in [0.3, 0.4) is 0 Å². The van der Waals surface area contributed by atoms with Crippen molar-refractivity contribution in [3.8, 4) is 11.1 Å². The first-order valence-corrected chi connectivity index (χ1v) is 7.35. The molecule has 2 aromatic rings. The van der Waals surface area contributed by atoms with Crippen molar-refractivity contribution in [2.75, 3.05) is 0 Å². The molecule has 0 unspecified atom stereocenters. The first-order chi connectivity index (χ1) is 10.2. The molecule has 0 spiro atoms. The van der Waals surface area contributed by atoms with Gasteiger partial charge in [0.1, 0.15) is 0 Å². The maximum atomic E-state index is 3.97. The molecule has 0 nitrogen and oxygen atoms in total. The molecule has 0 heterocycles. The molecular formula is C21H22. The van der Waals surface area contributed by atoms with Gasteiger partial charge in [0.2, 0.25) is 0 Å². The molecule has 0 bridgehead atoms. The zero-order chi connectivity index (χ0) is 15.2. The van der Waals surface area contributed by atoms with Crippen molar-refractivity contribution in [3.63, 3.8) is 0 Å². The fourth-order valence-electron chi connectivity index (χ4n) is 2.63. The Morgan fingerprint density at radius 3 is 2.19 bits per heavy atom. The summed E-state index contributed by atoms with van der Waals surface area (Å²) in [5.41, 5.74) is 7.42. The van der Waals surface area contributed by atoms with Crippen molar-refractivity contribution >= 4 is 5.57 Å². The molecule has 21 heavy (non-hydrogen) atoms. The summed E-state index contributed by atoms with van der Waals surface area (Å²) in [5.74, 6) is 0. The molecule has 0 saturated heterocycles. The quantitative estimate of drug-likeness (QED) is 0.570. The predicted octanol–water partition coefficient (Wildman–Crippen LogP) is 6.20. The molecule has 0 aliphatic carbocycles. The van der Waals surface area contributed by atoms with Gasteiger partial charge in [-0.2, -0.15) is 0 Å². The monoisotopic (exact) mass is 274 g/mol. The summed E-state index contributed by atoms with van der Waals surface area (Å²) in [4.78, 5) is 0. The van der Waals surface area contributed by atoms with Crippen molar-refractivity contribution in [1.29, 1.82) is 0 Å². The maximum Gasteiger partial charge on any atom is -0.0152 e. The molecule has 106 valence electrons. The Balaban J connectivity index is 2.52. The van der Waals surface area contributed by atoms with Crippen LogP contribution in [0.15, 0.2) is 79.4 Å². The summed E-state index contributed by atoms with van der Waals surface area (Å²) < 4.78 is 0. The minimum Gasteiger partial charge on any atom is -0.0988 e. The zero-order valence-electron chi connectivity index (χ0n) is 12.9. The highest BCUT2D eigenvalue weighted by atomic mass is 14.1. The van der Waals surface area contributed by atoms with E-state index in [0.29, 0.717) is 0 Å². The predicted molar refractivity (Wildman–Crippen MR) is 94.2 cm³/mol. The van der Waals surface area contributed by atoms with Crippen molar-refractivity contribution in [2.45, 2.75) is 20.3 Å². The van der Waals surface area contributed by atoms with E-state index in [2.05, 4.69) is 69.5 Å². The van der Waals surface area contributed by atoms with E-state index < -0.39 is 0 Å². The third-order valence-electron chi connectivity index (χ3n) is 3.80. The lowest BCUT2D eigenvalue weighted by Crippen LogP contribution is -1.91. The van der Waals surface area contributed by atoms with E-state index in [4.69, 9.17) is 0 Å². The molecule has 0 aromatic heterocycles. The van der Waals surface area contributed by atoms with E-state index >= 15 is 0 Å². The smallest absolute Gasteiger partial charge is 0.0152 e. The fourth-order valence-corrected chi connectivity index (χ4v) is 2.63. The highest BCUT2D eigenvalue weighted by Gasteiger charge is 2.07. The fraction of sp³-hybridized carbons (Fsp3) is 0.143. The van der Waals surface area contributed by atoms with Gasteiger partial charge in [-0.3, -0.25) is 0 Å². The van der Waals surface area contributed by atoms with E-state index in [1.807, 2.05) is 18.2 Å². The van der Waals surface area contributed by atoms with Gasteiger partial charge in [-0.15, -0.1) is 0 Å². The Morgan fingerprint density at radius 2 is 1.67 bits per heavy atom. The molecule has 0 fully saturated rings. The molecule has 0 amide bonds. The molecule has 0 aliphatic rings. The molecular weight excluding hydrogens is 252 g/mol. The lowest BCUT2D eigenvalue weighted by Gasteiger charge is -2.13. The number of aryl methyl sites for hydroxylation is 1. The second-order valence-corrected chi connectivity index (χ2v) is 5.10. The molecule has 0 radical (unpaired) electrons. The summed E-state index contributed by atoms with van der Waals surface area (Å²) in [5, 5.41) is 0. The SMILES string of the molecule is C=C/C(CC)=C(\C=C)c1ccc(-c2ccccc2)cc1C. The van der Waals surface area contributed by atoms with Crippen LogP contribution in [-0.2, 0) is 0 Å². The normalized spacial score (nSPS) is 11.7. The summed E-state index contributed by atoms with van der Waals surface area (Å²) in [7, 11) is 0. The average molecular weight is 274 g/mol. The van der Waals surface area contributed by atoms with Crippen LogP contribution in [0.1, 0.15) is 24.5 Å². The molecule has 0 heteroatoms. The first-order valence-electron chi connectivity index (χ1n) is 7.35. The van der Waals surface area contributed by atoms with Gasteiger partial charge in [0.15, 0.2) is 0 Å². The van der Waals surface area contributed by atoms with E-state index in [9.17, 15) is 0 Å². The van der Waals surface area contributed by atoms with E-state index in [1.54, 1.807) is 0 Å². The van der Waals surface area contributed by atoms with Crippen LogP contribution in [0, 0.1) is 6.92 Å². The van der Waals surface area contributed by atoms with E-state index in [0.717, 1.165) is 6.42 Å². The zero-order valence-corrected chi connectivity index (χ0v) is 12.9. The molecule has 0 atom stereocenters. The van der Waals surface area contributed by atoms with Crippen LogP contribution >= 0.6 is 0 Å². The maximum absolute atomic E-state index is 3.97. The lowest BCUT2D eigenvalue weighted by atomic mass is 9.92. The largest absolute Gasteiger partial charge is 0.0988 e. The van der Waals surface area contributed by atoms with Crippen LogP contribution in [0.2, 0.25) is 0 Å². The van der Waals surface area contributed by atoms with Crippen LogP contribution < -0.4 is 0 Å². The highest BCUT2D eigenvalue weighted by molar-refractivity contribution is 5.81. The number of hydrogen-bond acceptors (Lipinski definition) is 0. The number of rotatable bonds is 5. The van der Waals surface area contributed by atoms with Gasteiger partial charge in [0.05, 0.1) is 0 Å². The van der Waals surface area contributed by atoms with Crippen LogP contribution in [0.4, 0.5) is 0 Å². The Hall–Kier alpha value is -2.34. The molecule has 2 aromatic carbocycles. The lowest BCUT2D eigenvalue weighted by molar-refractivity contribution is 1.15. The topological polar surface area (TPSA) is 0 Å². The molecule has 0 saturated carbocycles. The highest BCUT2D eigenvalue weighted by Crippen LogP contribution is 2.29. The molecule has 0 N–H and O–H groups in total. The van der Waals surface area contributed by atoms with Gasteiger partial charge in [-0.1, -0.05) is 80.8 Å². The number of hydrogen-bond donors (Lipinski definition) is 0. The van der Waals surface area contributed by atoms with E-state index in [-0.39, 0.29) is 0 Å². The molecule has 2 rings (SSSR count). The Morgan fingerprint density at radius 1 is 0.952 bits per heavy atom. The van der Waals surface area contributed by atoms with E-state index in [1.165, 1.54) is 33.4 Å². The van der Waals surface area contributed by atoms with Gasteiger partial charge >= 0.3 is 0 Å². The Kier molecular flexibility index (Phi) is 4.94. The standard InChI is InChI=1S/C21H22/c1-5-17(6-2)20(7-3)21-14-13-19(15-16(21)4)18-11-9-8-10-12-18/h5,7-15H,1,3,6H2,2,4H3/b20-17-. The summed E-state index contributed by atoms with van der Waals surface area (Å²) >= 11 is 0. The van der Waals surface area contributed by atoms with Crippen LogP contribution in [-0.4, -0.2) is 0 Å². The summed E-state index contributed by atoms with van der Waals surface area (Å²) in [6.45, 7) is 12.2. The van der Waals surface area contributed by atoms with Gasteiger partial charge in [0, 0.05) is 0 Å². The van der Waals surface area contributed by atoms with Crippen LogP contribution in [0.5, 0.6) is 0 Å². The second kappa shape index (κ2) is 6.90. The van der Waals surface area contributed by atoms with Crippen molar-refractivity contribution in [1.82, 2.24) is 0 Å². The number of benzene rings is 2. The van der Waals surface area contributed by atoms with Gasteiger partial charge in [-0.05, 0) is 46.7 Å². The van der Waals surface area contributed by atoms with Crippen molar-refractivity contribution in [3.05, 3.63) is 90.5 Å². The summed E-state index contributed by atoms with van der Waals surface area (Å²) in [6, 6.07) is 17.1. The van der Waals surface area contributed by atoms with Gasteiger partial charge < -0.3 is 0 Å². The average Bonchev–Trinajstić information content (AvgIpc) is 2.54. The van der Waals surface area contributed by atoms with Crippen LogP contribution in [0.25, 0.3) is 16.7 Å². The Bertz CT molecular complexity index is 672. The van der Waals surface area contributed by atoms with Crippen molar-refractivity contribution < 1.29 is 0 Å². The second-order valence-electron chi connectivity index (χ2n) is 5.10. The third-order valence-corrected chi connectivity index (χ3v) is 3.80. The minimum atomic E-state index is 0.963. The van der Waals surface area contributed by atoms with Gasteiger partial charge in [0.25, 0.3) is 0 Å². The summed E-state index contributed by atoms with van der Waals surface area (Å²) in [6.07, 6.45) is 4.83. The van der Waals surface area contributed by atoms with Crippen molar-refractivity contribution in [2.24, 2.45) is 0 Å². The number of allylic oxidation sites excluding steroid dienone is 4. The first kappa shape index (κ1) is 15.1.